The number of carboxylic acids is 1. The van der Waals surface area contributed by atoms with E-state index in [2.05, 4.69) is 6.07 Å². The Kier molecular flexibility index (Phi) is 8.26. The van der Waals surface area contributed by atoms with Gasteiger partial charge in [-0.25, -0.2) is 4.98 Å². The number of aromatic nitrogens is 1. The standard InChI is InChI=1S/C26H25ClN2O4S2/c1-29(2)24(30)9-11-34-26(35-12-10-25(31)32)17-5-8-22-18(13-17)14-23(33-22)20-7-4-16-3-6-19(27)15-21(16)28-20/h3-8,13-15,26H,9-12H2,1-2H3,(H,31,32). The molecule has 6 nitrogen and oxygen atoms in total. The van der Waals surface area contributed by atoms with Gasteiger partial charge in [0.2, 0.25) is 5.91 Å². The quantitative estimate of drug-likeness (QED) is 0.229. The lowest BCUT2D eigenvalue weighted by Crippen LogP contribution is -2.21. The molecule has 0 spiro atoms. The molecule has 0 aliphatic rings. The van der Waals surface area contributed by atoms with E-state index >= 15 is 0 Å². The molecule has 1 N–H and O–H groups in total. The van der Waals surface area contributed by atoms with Crippen LogP contribution in [0.5, 0.6) is 0 Å². The predicted octanol–water partition coefficient (Wildman–Crippen LogP) is 6.72. The number of amides is 1. The third kappa shape index (κ3) is 6.51. The molecule has 0 fully saturated rings. The fourth-order valence-corrected chi connectivity index (χ4v) is 6.35. The topological polar surface area (TPSA) is 83.6 Å². The highest BCUT2D eigenvalue weighted by molar-refractivity contribution is 8.16. The number of halogens is 1. The maximum absolute atomic E-state index is 12.0. The van der Waals surface area contributed by atoms with Gasteiger partial charge in [0.15, 0.2) is 5.76 Å². The maximum atomic E-state index is 12.0. The molecule has 1 amide bonds. The third-order valence-electron chi connectivity index (χ3n) is 5.39. The summed E-state index contributed by atoms with van der Waals surface area (Å²) in [7, 11) is 3.49. The van der Waals surface area contributed by atoms with Crippen LogP contribution in [0.15, 0.2) is 59.0 Å². The van der Waals surface area contributed by atoms with Crippen LogP contribution in [0.25, 0.3) is 33.3 Å². The number of aliphatic carboxylic acids is 1. The highest BCUT2D eigenvalue weighted by Gasteiger charge is 2.17. The Labute approximate surface area is 217 Å². The van der Waals surface area contributed by atoms with Gasteiger partial charge in [0, 0.05) is 47.8 Å². The number of carboxylic acid groups (broad SMARTS) is 1. The summed E-state index contributed by atoms with van der Waals surface area (Å²) in [6.07, 6.45) is 0.525. The molecule has 0 aliphatic heterocycles. The number of carbonyl (C=O) groups is 2. The second kappa shape index (κ2) is 11.4. The minimum atomic E-state index is -0.817. The number of rotatable bonds is 10. The largest absolute Gasteiger partial charge is 0.481 e. The monoisotopic (exact) mass is 528 g/mol. The summed E-state index contributed by atoms with van der Waals surface area (Å²) < 4.78 is 6.09. The van der Waals surface area contributed by atoms with Gasteiger partial charge in [-0.3, -0.25) is 9.59 Å². The van der Waals surface area contributed by atoms with E-state index < -0.39 is 5.97 Å². The maximum Gasteiger partial charge on any atom is 0.304 e. The van der Waals surface area contributed by atoms with Crippen LogP contribution in [-0.4, -0.2) is 52.5 Å². The number of thioether (sulfide) groups is 2. The van der Waals surface area contributed by atoms with Crippen LogP contribution in [-0.2, 0) is 9.59 Å². The molecule has 4 rings (SSSR count). The van der Waals surface area contributed by atoms with Gasteiger partial charge in [0.25, 0.3) is 0 Å². The molecule has 0 radical (unpaired) electrons. The van der Waals surface area contributed by atoms with Gasteiger partial charge in [-0.2, -0.15) is 0 Å². The van der Waals surface area contributed by atoms with Gasteiger partial charge in [-0.1, -0.05) is 29.8 Å². The van der Waals surface area contributed by atoms with Crippen molar-refractivity contribution in [1.29, 1.82) is 0 Å². The number of fused-ring (bicyclic) bond motifs is 2. The second-order valence-electron chi connectivity index (χ2n) is 8.20. The van der Waals surface area contributed by atoms with E-state index in [4.69, 9.17) is 26.1 Å². The van der Waals surface area contributed by atoms with Crippen molar-refractivity contribution in [1.82, 2.24) is 9.88 Å². The van der Waals surface area contributed by atoms with Crippen LogP contribution in [0.4, 0.5) is 0 Å². The van der Waals surface area contributed by atoms with E-state index in [1.165, 1.54) is 0 Å². The highest BCUT2D eigenvalue weighted by Crippen LogP contribution is 2.42. The average molecular weight is 529 g/mol. The van der Waals surface area contributed by atoms with Crippen molar-refractivity contribution in [2.45, 2.75) is 17.4 Å². The summed E-state index contributed by atoms with van der Waals surface area (Å²) in [5, 5.41) is 11.6. The van der Waals surface area contributed by atoms with E-state index in [0.717, 1.165) is 33.1 Å². The summed E-state index contributed by atoms with van der Waals surface area (Å²) in [5.41, 5.74) is 3.33. The average Bonchev–Trinajstić information content (AvgIpc) is 3.25. The van der Waals surface area contributed by atoms with Crippen LogP contribution in [0.3, 0.4) is 0 Å². The molecular formula is C26H25ClN2O4S2. The first-order valence-corrected chi connectivity index (χ1v) is 13.5. The second-order valence-corrected chi connectivity index (χ2v) is 11.4. The first kappa shape index (κ1) is 25.4. The van der Waals surface area contributed by atoms with Gasteiger partial charge in [0.1, 0.15) is 11.3 Å². The van der Waals surface area contributed by atoms with Crippen molar-refractivity contribution in [2.24, 2.45) is 0 Å². The van der Waals surface area contributed by atoms with Gasteiger partial charge >= 0.3 is 5.97 Å². The first-order valence-electron chi connectivity index (χ1n) is 11.1. The van der Waals surface area contributed by atoms with E-state index in [9.17, 15) is 9.59 Å². The van der Waals surface area contributed by atoms with Crippen LogP contribution >= 0.6 is 35.1 Å². The zero-order valence-corrected chi connectivity index (χ0v) is 21.8. The molecule has 9 heteroatoms. The number of benzene rings is 2. The highest BCUT2D eigenvalue weighted by atomic mass is 35.5. The fourth-order valence-electron chi connectivity index (χ4n) is 3.53. The minimum Gasteiger partial charge on any atom is -0.481 e. The molecule has 35 heavy (non-hydrogen) atoms. The van der Waals surface area contributed by atoms with Gasteiger partial charge in [-0.05, 0) is 42.0 Å². The van der Waals surface area contributed by atoms with Gasteiger partial charge < -0.3 is 14.4 Å². The van der Waals surface area contributed by atoms with E-state index in [1.807, 2.05) is 48.5 Å². The van der Waals surface area contributed by atoms with Crippen LogP contribution in [0.2, 0.25) is 5.02 Å². The summed E-state index contributed by atoms with van der Waals surface area (Å²) >= 11 is 9.36. The summed E-state index contributed by atoms with van der Waals surface area (Å²) in [4.78, 5) is 29.3. The van der Waals surface area contributed by atoms with Crippen molar-refractivity contribution >= 4 is 68.9 Å². The third-order valence-corrected chi connectivity index (χ3v) is 8.47. The molecule has 0 saturated carbocycles. The lowest BCUT2D eigenvalue weighted by molar-refractivity contribution is -0.136. The Hall–Kier alpha value is -2.68. The Balaban J connectivity index is 1.57. The Morgan fingerprint density at radius 2 is 1.74 bits per heavy atom. The van der Waals surface area contributed by atoms with Crippen molar-refractivity contribution in [3.05, 3.63) is 65.2 Å². The smallest absolute Gasteiger partial charge is 0.304 e. The molecule has 0 aliphatic carbocycles. The van der Waals surface area contributed by atoms with E-state index in [0.29, 0.717) is 28.7 Å². The SMILES string of the molecule is CN(C)C(=O)CCSC(SCCC(=O)O)c1ccc2oc(-c3ccc4ccc(Cl)cc4n3)cc2c1. The van der Waals surface area contributed by atoms with E-state index in [-0.39, 0.29) is 16.9 Å². The number of carbonyl (C=O) groups excluding carboxylic acids is 1. The molecule has 0 bridgehead atoms. The predicted molar refractivity (Wildman–Crippen MR) is 145 cm³/mol. The lowest BCUT2D eigenvalue weighted by Gasteiger charge is -2.17. The number of hydrogen-bond acceptors (Lipinski definition) is 6. The van der Waals surface area contributed by atoms with Crippen molar-refractivity contribution in [2.75, 3.05) is 25.6 Å². The molecule has 2 aromatic carbocycles. The molecule has 0 saturated heterocycles. The summed E-state index contributed by atoms with van der Waals surface area (Å²) in [6.45, 7) is 0. The first-order chi connectivity index (χ1) is 16.8. The zero-order chi connectivity index (χ0) is 24.9. The molecule has 2 heterocycles. The van der Waals surface area contributed by atoms with Crippen LogP contribution in [0, 0.1) is 0 Å². The summed E-state index contributed by atoms with van der Waals surface area (Å²) in [6, 6.07) is 17.5. The Morgan fingerprint density at radius 1 is 1.00 bits per heavy atom. The molecule has 4 aromatic rings. The lowest BCUT2D eigenvalue weighted by atomic mass is 10.1. The number of furan rings is 1. The zero-order valence-electron chi connectivity index (χ0n) is 19.4. The fraction of sp³-hybridized carbons (Fsp3) is 0.269. The minimum absolute atomic E-state index is 0.00741. The normalized spacial score (nSPS) is 12.2. The van der Waals surface area contributed by atoms with Crippen LogP contribution < -0.4 is 0 Å². The van der Waals surface area contributed by atoms with Gasteiger partial charge in [-0.15, -0.1) is 23.5 Å². The van der Waals surface area contributed by atoms with Gasteiger partial charge in [0.05, 0.1) is 16.5 Å². The Bertz CT molecular complexity index is 1370. The molecule has 2 aromatic heterocycles. The molecular weight excluding hydrogens is 504 g/mol. The molecule has 1 unspecified atom stereocenters. The number of hydrogen-bond donors (Lipinski definition) is 1. The Morgan fingerprint density at radius 3 is 2.49 bits per heavy atom. The number of nitrogens with zero attached hydrogens (tertiary/aromatic N) is 2. The van der Waals surface area contributed by atoms with E-state index in [1.54, 1.807) is 42.5 Å². The molecule has 1 atom stereocenters. The number of pyridine rings is 1. The van der Waals surface area contributed by atoms with Crippen molar-refractivity contribution < 1.29 is 19.1 Å². The van der Waals surface area contributed by atoms with Crippen molar-refractivity contribution in [3.63, 3.8) is 0 Å². The molecule has 182 valence electrons. The van der Waals surface area contributed by atoms with Crippen LogP contribution in [0.1, 0.15) is 23.0 Å². The van der Waals surface area contributed by atoms with Crippen molar-refractivity contribution in [3.8, 4) is 11.5 Å². The summed E-state index contributed by atoms with van der Waals surface area (Å²) in [5.74, 6) is 1.07.